The van der Waals surface area contributed by atoms with Gasteiger partial charge in [0.15, 0.2) is 0 Å². The van der Waals surface area contributed by atoms with Crippen LogP contribution in [0.25, 0.3) is 0 Å². The van der Waals surface area contributed by atoms with Gasteiger partial charge in [-0.05, 0) is 25.3 Å². The van der Waals surface area contributed by atoms with Crippen molar-refractivity contribution in [1.82, 2.24) is 4.90 Å². The van der Waals surface area contributed by atoms with Gasteiger partial charge in [-0.25, -0.2) is 0 Å². The molecule has 0 radical (unpaired) electrons. The lowest BCUT2D eigenvalue weighted by Gasteiger charge is -2.26. The standard InChI is InChI=1S/C12H20N2O2S/c1-10(2)14(8-11-4-3-7-17-11)12(15)9-16-6-5-13/h3-4,7,10H,5-6,8-9,13H2,1-2H3. The first-order valence-corrected chi connectivity index (χ1v) is 6.62. The molecule has 5 heteroatoms. The van der Waals surface area contributed by atoms with Crippen molar-refractivity contribution in [3.05, 3.63) is 22.4 Å². The lowest BCUT2D eigenvalue weighted by atomic mass is 10.3. The second kappa shape index (κ2) is 7.42. The second-order valence-electron chi connectivity index (χ2n) is 4.04. The average Bonchev–Trinajstić information content (AvgIpc) is 2.78. The van der Waals surface area contributed by atoms with E-state index in [-0.39, 0.29) is 18.6 Å². The van der Waals surface area contributed by atoms with E-state index in [1.807, 2.05) is 36.3 Å². The van der Waals surface area contributed by atoms with Crippen molar-refractivity contribution in [2.45, 2.75) is 26.4 Å². The van der Waals surface area contributed by atoms with Crippen molar-refractivity contribution in [3.8, 4) is 0 Å². The summed E-state index contributed by atoms with van der Waals surface area (Å²) in [6.07, 6.45) is 0. The number of nitrogens with two attached hydrogens (primary N) is 1. The highest BCUT2D eigenvalue weighted by molar-refractivity contribution is 7.09. The molecule has 0 aromatic carbocycles. The minimum atomic E-state index is 0.0156. The molecule has 17 heavy (non-hydrogen) atoms. The van der Waals surface area contributed by atoms with Crippen LogP contribution >= 0.6 is 11.3 Å². The third kappa shape index (κ3) is 4.85. The van der Waals surface area contributed by atoms with Gasteiger partial charge in [-0.1, -0.05) is 6.07 Å². The van der Waals surface area contributed by atoms with Gasteiger partial charge in [-0.3, -0.25) is 4.79 Å². The van der Waals surface area contributed by atoms with Crippen LogP contribution in [0.3, 0.4) is 0 Å². The van der Waals surface area contributed by atoms with Crippen LogP contribution in [0, 0.1) is 0 Å². The van der Waals surface area contributed by atoms with Crippen LogP contribution in [0.15, 0.2) is 17.5 Å². The summed E-state index contributed by atoms with van der Waals surface area (Å²) in [4.78, 5) is 15.0. The van der Waals surface area contributed by atoms with Gasteiger partial charge >= 0.3 is 0 Å². The zero-order valence-electron chi connectivity index (χ0n) is 10.4. The van der Waals surface area contributed by atoms with Crippen molar-refractivity contribution in [3.63, 3.8) is 0 Å². The quantitative estimate of drug-likeness (QED) is 0.751. The van der Waals surface area contributed by atoms with E-state index in [1.54, 1.807) is 11.3 Å². The monoisotopic (exact) mass is 256 g/mol. The number of ether oxygens (including phenoxy) is 1. The van der Waals surface area contributed by atoms with E-state index in [0.29, 0.717) is 19.7 Å². The number of carbonyl (C=O) groups is 1. The summed E-state index contributed by atoms with van der Waals surface area (Å²) in [6, 6.07) is 4.20. The van der Waals surface area contributed by atoms with Crippen molar-refractivity contribution >= 4 is 17.2 Å². The van der Waals surface area contributed by atoms with E-state index >= 15 is 0 Å². The highest BCUT2D eigenvalue weighted by Gasteiger charge is 2.17. The van der Waals surface area contributed by atoms with E-state index in [9.17, 15) is 4.79 Å². The Labute approximate surface area is 106 Å². The van der Waals surface area contributed by atoms with E-state index in [1.165, 1.54) is 4.88 Å². The molecule has 0 saturated carbocycles. The molecule has 0 fully saturated rings. The fourth-order valence-electron chi connectivity index (χ4n) is 1.45. The summed E-state index contributed by atoms with van der Waals surface area (Å²) in [5.41, 5.74) is 5.31. The summed E-state index contributed by atoms with van der Waals surface area (Å²) in [6.45, 7) is 5.65. The minimum Gasteiger partial charge on any atom is -0.370 e. The molecule has 0 atom stereocenters. The zero-order valence-corrected chi connectivity index (χ0v) is 11.2. The summed E-state index contributed by atoms with van der Waals surface area (Å²) < 4.78 is 5.18. The van der Waals surface area contributed by atoms with Crippen molar-refractivity contribution in [1.29, 1.82) is 0 Å². The smallest absolute Gasteiger partial charge is 0.249 e. The molecule has 1 amide bonds. The van der Waals surface area contributed by atoms with Gasteiger partial charge in [0.25, 0.3) is 0 Å². The normalized spacial score (nSPS) is 10.8. The first-order valence-electron chi connectivity index (χ1n) is 5.74. The van der Waals surface area contributed by atoms with Gasteiger partial charge in [0, 0.05) is 17.5 Å². The van der Waals surface area contributed by atoms with Gasteiger partial charge in [0.05, 0.1) is 13.2 Å². The lowest BCUT2D eigenvalue weighted by molar-refractivity contribution is -0.138. The third-order valence-electron chi connectivity index (χ3n) is 2.34. The Hall–Kier alpha value is -0.910. The van der Waals surface area contributed by atoms with Crippen LogP contribution in [-0.4, -0.2) is 36.6 Å². The predicted molar refractivity (Wildman–Crippen MR) is 69.9 cm³/mol. The number of thiophene rings is 1. The second-order valence-corrected chi connectivity index (χ2v) is 5.07. The zero-order chi connectivity index (χ0) is 12.7. The molecule has 0 spiro atoms. The fraction of sp³-hybridized carbons (Fsp3) is 0.583. The summed E-state index contributed by atoms with van der Waals surface area (Å²) >= 11 is 1.66. The topological polar surface area (TPSA) is 55.6 Å². The highest BCUT2D eigenvalue weighted by atomic mass is 32.1. The van der Waals surface area contributed by atoms with Crippen LogP contribution in [0.1, 0.15) is 18.7 Å². The molecule has 0 saturated heterocycles. The predicted octanol–water partition coefficient (Wildman–Crippen LogP) is 1.46. The third-order valence-corrected chi connectivity index (χ3v) is 3.20. The Morgan fingerprint density at radius 1 is 1.59 bits per heavy atom. The van der Waals surface area contributed by atoms with Gasteiger partial charge in [-0.15, -0.1) is 11.3 Å². The minimum absolute atomic E-state index is 0.0156. The maximum absolute atomic E-state index is 12.0. The van der Waals surface area contributed by atoms with Crippen molar-refractivity contribution < 1.29 is 9.53 Å². The maximum Gasteiger partial charge on any atom is 0.249 e. The Morgan fingerprint density at radius 2 is 2.35 bits per heavy atom. The van der Waals surface area contributed by atoms with Gasteiger partial charge in [0.2, 0.25) is 5.91 Å². The molecule has 96 valence electrons. The van der Waals surface area contributed by atoms with Gasteiger partial charge < -0.3 is 15.4 Å². The Balaban J connectivity index is 2.50. The van der Waals surface area contributed by atoms with Gasteiger partial charge in [-0.2, -0.15) is 0 Å². The molecular weight excluding hydrogens is 236 g/mol. The first-order chi connectivity index (χ1) is 8.15. The van der Waals surface area contributed by atoms with Crippen LogP contribution in [0.5, 0.6) is 0 Å². The molecule has 1 rings (SSSR count). The van der Waals surface area contributed by atoms with E-state index in [4.69, 9.17) is 10.5 Å². The molecular formula is C12H20N2O2S. The summed E-state index contributed by atoms with van der Waals surface area (Å²) in [5, 5.41) is 2.02. The molecule has 0 aliphatic carbocycles. The molecule has 0 aliphatic heterocycles. The van der Waals surface area contributed by atoms with E-state index in [0.717, 1.165) is 0 Å². The average molecular weight is 256 g/mol. The molecule has 0 aliphatic rings. The molecule has 1 heterocycles. The number of amides is 1. The number of hydrogen-bond acceptors (Lipinski definition) is 4. The molecule has 0 unspecified atom stereocenters. The SMILES string of the molecule is CC(C)N(Cc1cccs1)C(=O)COCCN. The van der Waals surface area contributed by atoms with Crippen LogP contribution in [0.4, 0.5) is 0 Å². The molecule has 2 N–H and O–H groups in total. The number of hydrogen-bond donors (Lipinski definition) is 1. The lowest BCUT2D eigenvalue weighted by Crippen LogP contribution is -2.38. The molecule has 4 nitrogen and oxygen atoms in total. The summed E-state index contributed by atoms with van der Waals surface area (Å²) in [5.74, 6) is 0.0156. The van der Waals surface area contributed by atoms with Crippen molar-refractivity contribution in [2.24, 2.45) is 5.73 Å². The Kier molecular flexibility index (Phi) is 6.18. The summed E-state index contributed by atoms with van der Waals surface area (Å²) in [7, 11) is 0. The van der Waals surface area contributed by atoms with Gasteiger partial charge in [0.1, 0.15) is 6.61 Å². The Morgan fingerprint density at radius 3 is 2.88 bits per heavy atom. The first kappa shape index (κ1) is 14.2. The van der Waals surface area contributed by atoms with E-state index < -0.39 is 0 Å². The van der Waals surface area contributed by atoms with Crippen LogP contribution in [-0.2, 0) is 16.1 Å². The number of carbonyl (C=O) groups excluding carboxylic acids is 1. The number of nitrogens with zero attached hydrogens (tertiary/aromatic N) is 1. The molecule has 1 aromatic rings. The molecule has 1 aromatic heterocycles. The fourth-order valence-corrected chi connectivity index (χ4v) is 2.16. The highest BCUT2D eigenvalue weighted by Crippen LogP contribution is 2.14. The number of rotatable bonds is 7. The maximum atomic E-state index is 12.0. The Bertz CT molecular complexity index is 325. The van der Waals surface area contributed by atoms with E-state index in [2.05, 4.69) is 0 Å². The largest absolute Gasteiger partial charge is 0.370 e. The van der Waals surface area contributed by atoms with Crippen LogP contribution < -0.4 is 5.73 Å². The van der Waals surface area contributed by atoms with Crippen molar-refractivity contribution in [2.75, 3.05) is 19.8 Å². The van der Waals surface area contributed by atoms with Crippen LogP contribution in [0.2, 0.25) is 0 Å². The molecule has 0 bridgehead atoms.